The van der Waals surface area contributed by atoms with E-state index in [-0.39, 0.29) is 0 Å². The summed E-state index contributed by atoms with van der Waals surface area (Å²) in [6.07, 6.45) is 0. The summed E-state index contributed by atoms with van der Waals surface area (Å²) in [4.78, 5) is 1.28. The zero-order valence-electron chi connectivity index (χ0n) is 8.19. The van der Waals surface area contributed by atoms with Gasteiger partial charge in [0, 0.05) is 15.7 Å². The van der Waals surface area contributed by atoms with Gasteiger partial charge >= 0.3 is 0 Å². The van der Waals surface area contributed by atoms with Crippen LogP contribution in [0.15, 0.2) is 59.5 Å². The first-order chi connectivity index (χ1) is 7.36. The first-order valence-corrected chi connectivity index (χ1v) is 6.14. The Bertz CT molecular complexity index is 426. The molecule has 0 aliphatic heterocycles. The fourth-order valence-corrected chi connectivity index (χ4v) is 2.50. The summed E-state index contributed by atoms with van der Waals surface area (Å²) in [5, 5.41) is 0.848. The summed E-state index contributed by atoms with van der Waals surface area (Å²) in [5.74, 6) is 0.920. The molecule has 0 bridgehead atoms. The van der Waals surface area contributed by atoms with E-state index in [0.717, 1.165) is 10.8 Å². The first kappa shape index (κ1) is 10.6. The van der Waals surface area contributed by atoms with Gasteiger partial charge in [-0.1, -0.05) is 48.0 Å². The number of rotatable bonds is 3. The lowest BCUT2D eigenvalue weighted by molar-refractivity contribution is 1.38. The molecular formula is C13H11ClS. The fourth-order valence-electron chi connectivity index (χ4n) is 1.29. The lowest BCUT2D eigenvalue weighted by Crippen LogP contribution is -1.81. The summed E-state index contributed by atoms with van der Waals surface area (Å²) >= 11 is 7.88. The highest BCUT2D eigenvalue weighted by atomic mass is 35.5. The van der Waals surface area contributed by atoms with Crippen LogP contribution in [0.4, 0.5) is 0 Å². The van der Waals surface area contributed by atoms with Gasteiger partial charge in [0.15, 0.2) is 0 Å². The smallest absolute Gasteiger partial charge is 0.0446 e. The van der Waals surface area contributed by atoms with Gasteiger partial charge < -0.3 is 0 Å². The van der Waals surface area contributed by atoms with Crippen molar-refractivity contribution in [2.75, 3.05) is 0 Å². The molecule has 0 aliphatic carbocycles. The molecule has 15 heavy (non-hydrogen) atoms. The maximum absolute atomic E-state index is 6.08. The van der Waals surface area contributed by atoms with Gasteiger partial charge in [-0.15, -0.1) is 11.8 Å². The molecule has 0 spiro atoms. The third-order valence-corrected chi connectivity index (χ3v) is 3.52. The van der Waals surface area contributed by atoms with Gasteiger partial charge in [0.2, 0.25) is 0 Å². The van der Waals surface area contributed by atoms with Gasteiger partial charge in [0.05, 0.1) is 0 Å². The Morgan fingerprint density at radius 3 is 2.27 bits per heavy atom. The number of hydrogen-bond acceptors (Lipinski definition) is 1. The molecule has 76 valence electrons. The monoisotopic (exact) mass is 234 g/mol. The summed E-state index contributed by atoms with van der Waals surface area (Å²) in [6.45, 7) is 0. The molecule has 0 saturated carbocycles. The largest absolute Gasteiger partial charge is 0.121 e. The summed E-state index contributed by atoms with van der Waals surface area (Å²) < 4.78 is 0. The van der Waals surface area contributed by atoms with Crippen LogP contribution in [-0.2, 0) is 5.75 Å². The maximum Gasteiger partial charge on any atom is 0.0446 e. The molecule has 2 aromatic rings. The molecule has 0 fully saturated rings. The molecule has 0 saturated heterocycles. The van der Waals surface area contributed by atoms with Crippen LogP contribution in [0.3, 0.4) is 0 Å². The average molecular weight is 235 g/mol. The minimum absolute atomic E-state index is 0.848. The van der Waals surface area contributed by atoms with Crippen LogP contribution in [-0.4, -0.2) is 0 Å². The van der Waals surface area contributed by atoms with Crippen LogP contribution < -0.4 is 0 Å². The van der Waals surface area contributed by atoms with Crippen molar-refractivity contribution in [2.45, 2.75) is 10.6 Å². The molecule has 0 aliphatic rings. The normalized spacial score (nSPS) is 10.2. The lowest BCUT2D eigenvalue weighted by atomic mass is 10.2. The van der Waals surface area contributed by atoms with Crippen LogP contribution >= 0.6 is 23.4 Å². The van der Waals surface area contributed by atoms with Crippen molar-refractivity contribution in [1.29, 1.82) is 0 Å². The second kappa shape index (κ2) is 5.24. The molecule has 0 amide bonds. The standard InChI is InChI=1S/C13H11ClS/c14-13-9-5-4-6-11(13)10-15-12-7-2-1-3-8-12/h1-9H,10H2. The average Bonchev–Trinajstić information content (AvgIpc) is 2.29. The number of benzene rings is 2. The molecular weight excluding hydrogens is 224 g/mol. The van der Waals surface area contributed by atoms with E-state index in [2.05, 4.69) is 30.3 Å². The Morgan fingerprint density at radius 2 is 1.53 bits per heavy atom. The molecule has 0 heterocycles. The molecule has 2 rings (SSSR count). The highest BCUT2D eigenvalue weighted by molar-refractivity contribution is 7.98. The van der Waals surface area contributed by atoms with E-state index in [1.807, 2.05) is 24.3 Å². The second-order valence-electron chi connectivity index (χ2n) is 3.19. The topological polar surface area (TPSA) is 0 Å². The first-order valence-electron chi connectivity index (χ1n) is 4.77. The van der Waals surface area contributed by atoms with Crippen LogP contribution in [0, 0.1) is 0 Å². The minimum Gasteiger partial charge on any atom is -0.121 e. The van der Waals surface area contributed by atoms with Gasteiger partial charge in [-0.2, -0.15) is 0 Å². The van der Waals surface area contributed by atoms with Crippen LogP contribution in [0.2, 0.25) is 5.02 Å². The van der Waals surface area contributed by atoms with E-state index >= 15 is 0 Å². The Morgan fingerprint density at radius 1 is 0.867 bits per heavy atom. The van der Waals surface area contributed by atoms with Crippen molar-refractivity contribution >= 4 is 23.4 Å². The summed E-state index contributed by atoms with van der Waals surface area (Å²) in [7, 11) is 0. The van der Waals surface area contributed by atoms with Crippen LogP contribution in [0.1, 0.15) is 5.56 Å². The third kappa shape index (κ3) is 3.01. The second-order valence-corrected chi connectivity index (χ2v) is 4.65. The quantitative estimate of drug-likeness (QED) is 0.698. The Labute approximate surface area is 99.3 Å². The van der Waals surface area contributed by atoms with Gasteiger partial charge in [-0.3, -0.25) is 0 Å². The molecule has 0 unspecified atom stereocenters. The SMILES string of the molecule is Clc1ccccc1CSc1ccccc1. The van der Waals surface area contributed by atoms with Crippen molar-refractivity contribution in [3.63, 3.8) is 0 Å². The molecule has 0 atom stereocenters. The molecule has 0 aromatic heterocycles. The Kier molecular flexibility index (Phi) is 3.70. The number of hydrogen-bond donors (Lipinski definition) is 0. The van der Waals surface area contributed by atoms with E-state index < -0.39 is 0 Å². The Balaban J connectivity index is 2.03. The zero-order chi connectivity index (χ0) is 10.5. The van der Waals surface area contributed by atoms with Crippen molar-refractivity contribution in [3.8, 4) is 0 Å². The molecule has 2 heteroatoms. The maximum atomic E-state index is 6.08. The van der Waals surface area contributed by atoms with Crippen molar-refractivity contribution < 1.29 is 0 Å². The van der Waals surface area contributed by atoms with E-state index in [0.29, 0.717) is 0 Å². The van der Waals surface area contributed by atoms with Gasteiger partial charge in [-0.05, 0) is 23.8 Å². The van der Waals surface area contributed by atoms with Crippen LogP contribution in [0.5, 0.6) is 0 Å². The summed E-state index contributed by atoms with van der Waals surface area (Å²) in [6, 6.07) is 18.3. The molecule has 2 aromatic carbocycles. The number of halogens is 1. The van der Waals surface area contributed by atoms with Crippen molar-refractivity contribution in [1.82, 2.24) is 0 Å². The van der Waals surface area contributed by atoms with E-state index in [1.165, 1.54) is 10.5 Å². The number of thioether (sulfide) groups is 1. The van der Waals surface area contributed by atoms with Gasteiger partial charge in [0.1, 0.15) is 0 Å². The predicted molar refractivity (Wildman–Crippen MR) is 67.5 cm³/mol. The van der Waals surface area contributed by atoms with E-state index in [9.17, 15) is 0 Å². The molecule has 0 N–H and O–H groups in total. The van der Waals surface area contributed by atoms with E-state index in [4.69, 9.17) is 11.6 Å². The van der Waals surface area contributed by atoms with Crippen molar-refractivity contribution in [2.24, 2.45) is 0 Å². The zero-order valence-corrected chi connectivity index (χ0v) is 9.76. The van der Waals surface area contributed by atoms with Gasteiger partial charge in [-0.25, -0.2) is 0 Å². The summed E-state index contributed by atoms with van der Waals surface area (Å²) in [5.41, 5.74) is 1.19. The highest BCUT2D eigenvalue weighted by Crippen LogP contribution is 2.25. The Hall–Kier alpha value is -0.920. The molecule has 0 radical (unpaired) electrons. The highest BCUT2D eigenvalue weighted by Gasteiger charge is 1.99. The lowest BCUT2D eigenvalue weighted by Gasteiger charge is -2.03. The van der Waals surface area contributed by atoms with E-state index in [1.54, 1.807) is 11.8 Å². The third-order valence-electron chi connectivity index (χ3n) is 2.10. The fraction of sp³-hybridized carbons (Fsp3) is 0.0769. The molecule has 0 nitrogen and oxygen atoms in total. The predicted octanol–water partition coefficient (Wildman–Crippen LogP) is 4.63. The minimum atomic E-state index is 0.848. The van der Waals surface area contributed by atoms with Gasteiger partial charge in [0.25, 0.3) is 0 Å². The van der Waals surface area contributed by atoms with Crippen LogP contribution in [0.25, 0.3) is 0 Å². The van der Waals surface area contributed by atoms with Crippen molar-refractivity contribution in [3.05, 3.63) is 65.2 Å².